The van der Waals surface area contributed by atoms with Gasteiger partial charge in [0.25, 0.3) is 0 Å². The molecule has 4 atom stereocenters. The van der Waals surface area contributed by atoms with E-state index in [1.807, 2.05) is 0 Å². The number of nitrogens with one attached hydrogen (secondary N) is 1. The second kappa shape index (κ2) is 11.5. The van der Waals surface area contributed by atoms with E-state index in [0.29, 0.717) is 12.4 Å². The summed E-state index contributed by atoms with van der Waals surface area (Å²) in [5.41, 5.74) is -0.382. The first-order valence-electron chi connectivity index (χ1n) is 14.3. The molecular formula is C28H57N3O5Si3. The molecule has 0 spiro atoms. The predicted molar refractivity (Wildman–Crippen MR) is 169 cm³/mol. The van der Waals surface area contributed by atoms with Crippen molar-refractivity contribution in [1.29, 1.82) is 0 Å². The van der Waals surface area contributed by atoms with Gasteiger partial charge in [-0.1, -0.05) is 62.3 Å². The molecule has 0 aromatic carbocycles. The van der Waals surface area contributed by atoms with Gasteiger partial charge in [0.05, 0.1) is 6.61 Å². The van der Waals surface area contributed by atoms with Gasteiger partial charge >= 0.3 is 5.69 Å². The smallest absolute Gasteiger partial charge is 0.351 e. The molecule has 1 aromatic rings. The molecule has 8 nitrogen and oxygen atoms in total. The van der Waals surface area contributed by atoms with Crippen molar-refractivity contribution in [3.05, 3.63) is 22.7 Å². The molecule has 1 aromatic heterocycles. The molecule has 1 fully saturated rings. The molecule has 1 aliphatic heterocycles. The van der Waals surface area contributed by atoms with E-state index in [1.165, 1.54) is 0 Å². The van der Waals surface area contributed by atoms with E-state index in [-0.39, 0.29) is 33.0 Å². The first kappa shape index (κ1) is 34.4. The van der Waals surface area contributed by atoms with Crippen LogP contribution in [0.1, 0.15) is 68.5 Å². The van der Waals surface area contributed by atoms with Gasteiger partial charge in [-0.15, -0.1) is 0 Å². The van der Waals surface area contributed by atoms with Crippen molar-refractivity contribution in [3.8, 4) is 0 Å². The van der Waals surface area contributed by atoms with Crippen molar-refractivity contribution in [2.75, 3.05) is 19.0 Å². The van der Waals surface area contributed by atoms with E-state index in [1.54, 1.807) is 23.9 Å². The van der Waals surface area contributed by atoms with Crippen molar-refractivity contribution in [2.45, 2.75) is 141 Å². The van der Waals surface area contributed by atoms with Crippen LogP contribution in [-0.4, -0.2) is 66.5 Å². The molecule has 39 heavy (non-hydrogen) atoms. The molecular weight excluding hydrogens is 543 g/mol. The van der Waals surface area contributed by atoms with Crippen LogP contribution < -0.4 is 11.0 Å². The standard InChI is InChI=1S/C28H57N3O5Si3/c1-26(2,3)37(11,12)33-19-20-22(35-38(13,14)27(4,5)6)23(36-39(15,16)28(7,8)9)24(34-20)31-18-17-21(29-10)30-25(31)32/h17-18,20,22-24H,19H2,1-16H3,(H,29,30,32)/t20-,22+,23?,24-/m1/s1. The summed E-state index contributed by atoms with van der Waals surface area (Å²) in [5.74, 6) is 0.517. The van der Waals surface area contributed by atoms with Crippen LogP contribution >= 0.6 is 0 Å². The van der Waals surface area contributed by atoms with Crippen LogP contribution in [0.2, 0.25) is 54.4 Å². The Kier molecular flexibility index (Phi) is 10.1. The summed E-state index contributed by atoms with van der Waals surface area (Å²) in [6.07, 6.45) is -0.177. The fourth-order valence-electron chi connectivity index (χ4n) is 3.62. The van der Waals surface area contributed by atoms with Crippen LogP contribution in [0.3, 0.4) is 0 Å². The summed E-state index contributed by atoms with van der Waals surface area (Å²) in [5, 5.41) is 2.96. The highest BCUT2D eigenvalue weighted by atomic mass is 28.4. The van der Waals surface area contributed by atoms with Gasteiger partial charge in [-0.2, -0.15) is 4.98 Å². The molecule has 0 aliphatic carbocycles. The molecule has 226 valence electrons. The lowest BCUT2D eigenvalue weighted by molar-refractivity contribution is -0.0509. The van der Waals surface area contributed by atoms with Gasteiger partial charge < -0.3 is 23.3 Å². The average molecular weight is 600 g/mol. The Bertz CT molecular complexity index is 1040. The number of anilines is 1. The Morgan fingerprint density at radius 2 is 1.31 bits per heavy atom. The van der Waals surface area contributed by atoms with Gasteiger partial charge in [0.15, 0.2) is 31.2 Å². The number of ether oxygens (including phenoxy) is 1. The summed E-state index contributed by atoms with van der Waals surface area (Å²) in [6, 6.07) is 1.79. The van der Waals surface area contributed by atoms with Crippen LogP contribution in [0, 0.1) is 0 Å². The minimum atomic E-state index is -2.29. The minimum absolute atomic E-state index is 0.00964. The first-order valence-corrected chi connectivity index (χ1v) is 23.0. The maximum absolute atomic E-state index is 13.2. The van der Waals surface area contributed by atoms with Crippen LogP contribution in [0.25, 0.3) is 0 Å². The van der Waals surface area contributed by atoms with Gasteiger partial charge in [-0.05, 0) is 60.5 Å². The van der Waals surface area contributed by atoms with Gasteiger partial charge in [0, 0.05) is 13.2 Å². The normalized spacial score (nSPS) is 23.8. The zero-order valence-corrected chi connectivity index (χ0v) is 30.6. The summed E-state index contributed by atoms with van der Waals surface area (Å²) in [7, 11) is -4.85. The number of rotatable bonds is 9. The maximum atomic E-state index is 13.2. The topological polar surface area (TPSA) is 83.8 Å². The maximum Gasteiger partial charge on any atom is 0.351 e. The predicted octanol–water partition coefficient (Wildman–Crippen LogP) is 6.99. The van der Waals surface area contributed by atoms with E-state index in [4.69, 9.17) is 18.0 Å². The van der Waals surface area contributed by atoms with Crippen LogP contribution in [-0.2, 0) is 18.0 Å². The molecule has 1 N–H and O–H groups in total. The Balaban J connectivity index is 2.66. The third kappa shape index (κ3) is 7.72. The van der Waals surface area contributed by atoms with Crippen LogP contribution in [0.15, 0.2) is 17.1 Å². The Hall–Kier alpha value is -0.829. The Morgan fingerprint density at radius 3 is 1.72 bits per heavy atom. The second-order valence-electron chi connectivity index (χ2n) is 15.6. The number of hydrogen-bond donors (Lipinski definition) is 1. The molecule has 0 saturated carbocycles. The molecule has 0 radical (unpaired) electrons. The van der Waals surface area contributed by atoms with Crippen molar-refractivity contribution >= 4 is 30.8 Å². The second-order valence-corrected chi connectivity index (χ2v) is 29.9. The molecule has 2 rings (SSSR count). The molecule has 2 heterocycles. The average Bonchev–Trinajstić information content (AvgIpc) is 3.05. The zero-order valence-electron chi connectivity index (χ0n) is 27.6. The van der Waals surface area contributed by atoms with E-state index in [0.717, 1.165) is 0 Å². The Labute approximate surface area is 241 Å². The van der Waals surface area contributed by atoms with E-state index < -0.39 is 37.3 Å². The SMILES string of the molecule is CNc1ccn([C@@H]2O[C@H](CO[Si](C)(C)C(C)(C)C)[C@H](O[Si](C)(C)C(C)(C)C)C2O[Si](C)(C)C(C)(C)C)c(=O)n1. The lowest BCUT2D eigenvalue weighted by atomic mass is 10.1. The monoisotopic (exact) mass is 599 g/mol. The minimum Gasteiger partial charge on any atom is -0.414 e. The number of aromatic nitrogens is 2. The highest BCUT2D eigenvalue weighted by Crippen LogP contribution is 2.46. The lowest BCUT2D eigenvalue weighted by Gasteiger charge is -2.44. The molecule has 0 amide bonds. The van der Waals surface area contributed by atoms with Crippen LogP contribution in [0.5, 0.6) is 0 Å². The van der Waals surface area contributed by atoms with Gasteiger partial charge in [-0.25, -0.2) is 4.79 Å². The Morgan fingerprint density at radius 1 is 0.846 bits per heavy atom. The summed E-state index contributed by atoms with van der Waals surface area (Å²) in [4.78, 5) is 17.4. The van der Waals surface area contributed by atoms with Gasteiger partial charge in [0.2, 0.25) is 0 Å². The van der Waals surface area contributed by atoms with Crippen molar-refractivity contribution in [2.24, 2.45) is 0 Å². The number of hydrogen-bond acceptors (Lipinski definition) is 7. The van der Waals surface area contributed by atoms with Gasteiger partial charge in [0.1, 0.15) is 24.1 Å². The first-order chi connectivity index (χ1) is 17.3. The summed E-state index contributed by atoms with van der Waals surface area (Å²) < 4.78 is 29.2. The zero-order chi connectivity index (χ0) is 30.4. The highest BCUT2D eigenvalue weighted by Gasteiger charge is 2.55. The fourth-order valence-corrected chi connectivity index (χ4v) is 7.24. The van der Waals surface area contributed by atoms with Crippen molar-refractivity contribution < 1.29 is 18.0 Å². The lowest BCUT2D eigenvalue weighted by Crippen LogP contribution is -2.54. The third-order valence-corrected chi connectivity index (χ3v) is 23.0. The van der Waals surface area contributed by atoms with E-state index in [9.17, 15) is 4.79 Å². The van der Waals surface area contributed by atoms with Crippen molar-refractivity contribution in [3.63, 3.8) is 0 Å². The molecule has 1 unspecified atom stereocenters. The fraction of sp³-hybridized carbons (Fsp3) is 0.857. The van der Waals surface area contributed by atoms with Gasteiger partial charge in [-0.3, -0.25) is 4.57 Å². The third-order valence-electron chi connectivity index (χ3n) is 9.53. The molecule has 11 heteroatoms. The van der Waals surface area contributed by atoms with E-state index in [2.05, 4.69) is 112 Å². The van der Waals surface area contributed by atoms with E-state index >= 15 is 0 Å². The quantitative estimate of drug-likeness (QED) is 0.306. The van der Waals surface area contributed by atoms with Crippen LogP contribution in [0.4, 0.5) is 5.82 Å². The molecule has 0 bridgehead atoms. The highest BCUT2D eigenvalue weighted by molar-refractivity contribution is 6.75. The summed E-state index contributed by atoms with van der Waals surface area (Å²) >= 11 is 0. The largest absolute Gasteiger partial charge is 0.414 e. The molecule has 1 aliphatic rings. The number of nitrogens with zero attached hydrogens (tertiary/aromatic N) is 2. The molecule has 1 saturated heterocycles. The van der Waals surface area contributed by atoms with Crippen molar-refractivity contribution in [1.82, 2.24) is 9.55 Å². The summed E-state index contributed by atoms with van der Waals surface area (Å²) in [6.45, 7) is 34.0.